The van der Waals surface area contributed by atoms with E-state index in [1.165, 1.54) is 15.9 Å². The zero-order chi connectivity index (χ0) is 24.4. The Bertz CT molecular complexity index is 1440. The molecule has 0 unspecified atom stereocenters. The van der Waals surface area contributed by atoms with Crippen molar-refractivity contribution in [1.82, 2.24) is 0 Å². The lowest BCUT2D eigenvalue weighted by molar-refractivity contribution is -0.120. The number of furan rings is 1. The second kappa shape index (κ2) is 9.21. The standard InChI is InChI=1S/C28H17N3O3S/c29-18-19-11-13-20(14-12-19)25-16-15-23(34-25)17-24-26(32)30(21-7-3-1-4-8-21)28(35)31(27(24)33)22-9-5-2-6-10-22/h1-17H. The summed E-state index contributed by atoms with van der Waals surface area (Å²) in [6, 6.07) is 30.4. The minimum absolute atomic E-state index is 0.0762. The molecule has 2 amide bonds. The molecule has 1 saturated heterocycles. The highest BCUT2D eigenvalue weighted by Crippen LogP contribution is 2.31. The van der Waals surface area contributed by atoms with E-state index in [2.05, 4.69) is 6.07 Å². The molecule has 1 aliphatic rings. The third-order valence-electron chi connectivity index (χ3n) is 5.49. The Kier molecular flexibility index (Phi) is 5.80. The highest BCUT2D eigenvalue weighted by Gasteiger charge is 2.41. The molecule has 3 aromatic carbocycles. The van der Waals surface area contributed by atoms with E-state index in [1.807, 2.05) is 12.1 Å². The van der Waals surface area contributed by atoms with Gasteiger partial charge in [-0.25, -0.2) is 0 Å². The molecule has 7 heteroatoms. The van der Waals surface area contributed by atoms with Crippen molar-refractivity contribution in [3.63, 3.8) is 0 Å². The number of carbonyl (C=O) groups is 2. The number of carbonyl (C=O) groups excluding carboxylic acids is 2. The van der Waals surface area contributed by atoms with Crippen molar-refractivity contribution in [2.45, 2.75) is 0 Å². The van der Waals surface area contributed by atoms with Crippen molar-refractivity contribution in [3.8, 4) is 17.4 Å². The predicted octanol–water partition coefficient (Wildman–Crippen LogP) is 5.57. The van der Waals surface area contributed by atoms with Gasteiger partial charge in [-0.05, 0) is 79.0 Å². The molecule has 1 aliphatic heterocycles. The molecule has 1 aromatic heterocycles. The number of benzene rings is 3. The lowest BCUT2D eigenvalue weighted by Gasteiger charge is -2.36. The highest BCUT2D eigenvalue weighted by molar-refractivity contribution is 7.81. The fourth-order valence-electron chi connectivity index (χ4n) is 3.78. The second-order valence-electron chi connectivity index (χ2n) is 7.68. The van der Waals surface area contributed by atoms with Gasteiger partial charge in [-0.15, -0.1) is 0 Å². The Hall–Kier alpha value is -4.80. The molecule has 35 heavy (non-hydrogen) atoms. The van der Waals surface area contributed by atoms with Crippen molar-refractivity contribution in [1.29, 1.82) is 5.26 Å². The topological polar surface area (TPSA) is 77.5 Å². The van der Waals surface area contributed by atoms with Crippen LogP contribution in [-0.2, 0) is 9.59 Å². The molecule has 0 N–H and O–H groups in total. The summed E-state index contributed by atoms with van der Waals surface area (Å²) in [6.45, 7) is 0. The van der Waals surface area contributed by atoms with Crippen molar-refractivity contribution in [3.05, 3.63) is 114 Å². The van der Waals surface area contributed by atoms with Crippen molar-refractivity contribution < 1.29 is 14.0 Å². The molecule has 2 heterocycles. The number of nitriles is 1. The van der Waals surface area contributed by atoms with E-state index in [-0.39, 0.29) is 10.7 Å². The normalized spacial score (nSPS) is 13.7. The van der Waals surface area contributed by atoms with Crippen molar-refractivity contribution in [2.75, 3.05) is 9.80 Å². The number of para-hydroxylation sites is 2. The molecule has 0 bridgehead atoms. The Morgan fingerprint density at radius 3 is 1.80 bits per heavy atom. The number of hydrogen-bond acceptors (Lipinski definition) is 5. The first-order valence-electron chi connectivity index (χ1n) is 10.7. The van der Waals surface area contributed by atoms with Gasteiger partial charge in [0.05, 0.1) is 23.0 Å². The zero-order valence-electron chi connectivity index (χ0n) is 18.3. The van der Waals surface area contributed by atoms with Gasteiger partial charge >= 0.3 is 0 Å². The van der Waals surface area contributed by atoms with Gasteiger partial charge in [-0.2, -0.15) is 5.26 Å². The zero-order valence-corrected chi connectivity index (χ0v) is 19.1. The number of thiocarbonyl (C=S) groups is 1. The maximum absolute atomic E-state index is 13.5. The number of nitrogens with zero attached hydrogens (tertiary/aromatic N) is 3. The minimum atomic E-state index is -0.533. The molecule has 5 rings (SSSR count). The van der Waals surface area contributed by atoms with Crippen LogP contribution in [0.1, 0.15) is 11.3 Å². The summed E-state index contributed by atoms with van der Waals surface area (Å²) in [4.78, 5) is 29.7. The summed E-state index contributed by atoms with van der Waals surface area (Å²) in [7, 11) is 0. The summed E-state index contributed by atoms with van der Waals surface area (Å²) < 4.78 is 5.92. The number of amides is 2. The Balaban J connectivity index is 1.57. The molecule has 0 saturated carbocycles. The van der Waals surface area contributed by atoms with Gasteiger partial charge in [0, 0.05) is 5.56 Å². The molecule has 4 aromatic rings. The van der Waals surface area contributed by atoms with Crippen LogP contribution >= 0.6 is 12.2 Å². The lowest BCUT2D eigenvalue weighted by atomic mass is 10.1. The molecule has 6 nitrogen and oxygen atoms in total. The first-order valence-corrected chi connectivity index (χ1v) is 11.1. The van der Waals surface area contributed by atoms with Crippen LogP contribution in [0.3, 0.4) is 0 Å². The van der Waals surface area contributed by atoms with E-state index in [0.29, 0.717) is 28.5 Å². The summed E-state index contributed by atoms with van der Waals surface area (Å²) in [6.07, 6.45) is 1.44. The summed E-state index contributed by atoms with van der Waals surface area (Å²) in [5, 5.41) is 9.08. The largest absolute Gasteiger partial charge is 0.457 e. The van der Waals surface area contributed by atoms with Gasteiger partial charge in [0.2, 0.25) is 0 Å². The van der Waals surface area contributed by atoms with Crippen LogP contribution in [0.15, 0.2) is 107 Å². The monoisotopic (exact) mass is 475 g/mol. The fraction of sp³-hybridized carbons (Fsp3) is 0. The molecule has 0 atom stereocenters. The maximum Gasteiger partial charge on any atom is 0.270 e. The van der Waals surface area contributed by atoms with Crippen LogP contribution in [0.4, 0.5) is 11.4 Å². The number of hydrogen-bond donors (Lipinski definition) is 0. The van der Waals surface area contributed by atoms with E-state index in [9.17, 15) is 9.59 Å². The van der Waals surface area contributed by atoms with Gasteiger partial charge in [0.1, 0.15) is 17.1 Å². The molecule has 1 fully saturated rings. The molecule has 168 valence electrons. The summed E-state index contributed by atoms with van der Waals surface area (Å²) >= 11 is 5.61. The van der Waals surface area contributed by atoms with Crippen LogP contribution in [0, 0.1) is 11.3 Å². The summed E-state index contributed by atoms with van der Waals surface area (Å²) in [5.41, 5.74) is 2.35. The third kappa shape index (κ3) is 4.14. The first kappa shape index (κ1) is 22.0. The van der Waals surface area contributed by atoms with Gasteiger partial charge in [-0.3, -0.25) is 19.4 Å². The van der Waals surface area contributed by atoms with Crippen LogP contribution in [-0.4, -0.2) is 16.9 Å². The van der Waals surface area contributed by atoms with Crippen LogP contribution in [0.5, 0.6) is 0 Å². The van der Waals surface area contributed by atoms with Gasteiger partial charge < -0.3 is 4.42 Å². The quantitative estimate of drug-likeness (QED) is 0.219. The summed E-state index contributed by atoms with van der Waals surface area (Å²) in [5.74, 6) is -0.174. The van der Waals surface area contributed by atoms with Gasteiger partial charge in [0.15, 0.2) is 5.11 Å². The molecule has 0 radical (unpaired) electrons. The van der Waals surface area contributed by atoms with Crippen molar-refractivity contribution >= 4 is 46.6 Å². The van der Waals surface area contributed by atoms with Crippen molar-refractivity contribution in [2.24, 2.45) is 0 Å². The van der Waals surface area contributed by atoms with E-state index in [4.69, 9.17) is 21.9 Å². The number of anilines is 2. The fourth-order valence-corrected chi connectivity index (χ4v) is 4.15. The highest BCUT2D eigenvalue weighted by atomic mass is 32.1. The molecule has 0 spiro atoms. The predicted molar refractivity (Wildman–Crippen MR) is 137 cm³/mol. The molecular weight excluding hydrogens is 458 g/mol. The van der Waals surface area contributed by atoms with E-state index in [1.54, 1.807) is 84.9 Å². The van der Waals surface area contributed by atoms with E-state index < -0.39 is 11.8 Å². The van der Waals surface area contributed by atoms with Crippen LogP contribution < -0.4 is 9.80 Å². The number of rotatable bonds is 4. The Labute approximate surface area is 206 Å². The SMILES string of the molecule is N#Cc1ccc(-c2ccc(C=C3C(=O)N(c4ccccc4)C(=S)N(c4ccccc4)C3=O)o2)cc1. The Morgan fingerprint density at radius 2 is 1.29 bits per heavy atom. The first-order chi connectivity index (χ1) is 17.1. The average Bonchev–Trinajstić information content (AvgIpc) is 3.37. The average molecular weight is 476 g/mol. The lowest BCUT2D eigenvalue weighted by Crippen LogP contribution is -2.56. The van der Waals surface area contributed by atoms with Crippen LogP contribution in [0.2, 0.25) is 0 Å². The van der Waals surface area contributed by atoms with Gasteiger partial charge in [-0.1, -0.05) is 36.4 Å². The molecular formula is C28H17N3O3S. The van der Waals surface area contributed by atoms with Crippen LogP contribution in [0.25, 0.3) is 17.4 Å². The maximum atomic E-state index is 13.5. The molecule has 0 aliphatic carbocycles. The Morgan fingerprint density at radius 1 is 0.743 bits per heavy atom. The third-order valence-corrected chi connectivity index (χ3v) is 5.86. The van der Waals surface area contributed by atoms with Gasteiger partial charge in [0.25, 0.3) is 11.8 Å². The van der Waals surface area contributed by atoms with E-state index in [0.717, 1.165) is 5.56 Å². The second-order valence-corrected chi connectivity index (χ2v) is 8.05. The smallest absolute Gasteiger partial charge is 0.270 e. The minimum Gasteiger partial charge on any atom is -0.457 e. The van der Waals surface area contributed by atoms with E-state index >= 15 is 0 Å².